The smallest absolute Gasteiger partial charge is 0.326 e. The average molecular weight is 1590 g/mol. The number of aliphatic hydroxyl groups excluding tert-OH is 1. The molecular formula is C72H112N24O17. The molecule has 0 spiro atoms. The van der Waals surface area contributed by atoms with Crippen molar-refractivity contribution in [2.24, 2.45) is 52.2 Å². The minimum atomic E-state index is -1.89. The van der Waals surface area contributed by atoms with Crippen molar-refractivity contribution in [1.82, 2.24) is 84.1 Å². The van der Waals surface area contributed by atoms with E-state index in [9.17, 15) is 72.9 Å². The highest BCUT2D eigenvalue weighted by Gasteiger charge is 2.39. The molecule has 0 saturated heterocycles. The van der Waals surface area contributed by atoms with Gasteiger partial charge in [-0.3, -0.25) is 73.1 Å². The molecule has 41 nitrogen and oxygen atoms in total. The minimum Gasteiger partial charge on any atom is -0.508 e. The summed E-state index contributed by atoms with van der Waals surface area (Å²) in [5, 5.41) is 78.6. The first-order valence-corrected chi connectivity index (χ1v) is 37.1. The standard InChI is InChI=1S/C72H112N24O17/c1-36(2)27-50(90-59(101)44(74)34-97)63(105)87-47(16-11-25-82-71(77)78)60(102)92-54(31-56(76)100)66(108)88-48(22-23-55(75)99)61(103)86-46(15-9-10-24-73)62(104)95-57(37(3)4)69(111)94-53(30-41-33-81-35-85-41)65(107)91-52(29-40-32-84-45-14-8-7-13-43(40)45)67(109)96-58(38(5)6)68(110)93-51(28-39-18-20-42(98)21-19-39)64(106)89-49(70(112)113)17-12-26-83-72(79)80/h7-8,13-14,18-21,32-33,35-38,44,46-54,57-58,84,97-98H,9-12,15-17,22-31,34,73-74H2,1-6H3,(H2,75,99)(H2,76,100)(H,81,85)(H,86,103)(H,87,105)(H,88,108)(H,89,106)(H,90,101)(H,91,107)(H,92,102)(H,93,110)(H,94,111)(H,95,104)(H,96,109)(H,112,113)(H4,77,78,82)(H4,79,80,83)/t44-,46-,47-,48-,49-,50-,51-,52-,53-,54-,57-,58-/m0/s1. The number of aliphatic hydroxyl groups is 1. The van der Waals surface area contributed by atoms with Crippen LogP contribution in [0.15, 0.2) is 67.3 Å². The van der Waals surface area contributed by atoms with Crippen LogP contribution in [-0.4, -0.2) is 224 Å². The van der Waals surface area contributed by atoms with Crippen molar-refractivity contribution in [3.05, 3.63) is 84.1 Å². The summed E-state index contributed by atoms with van der Waals surface area (Å²) in [4.78, 5) is 206. The summed E-state index contributed by atoms with van der Waals surface area (Å²) in [6, 6.07) is -5.75. The fourth-order valence-electron chi connectivity index (χ4n) is 11.7. The summed E-state index contributed by atoms with van der Waals surface area (Å²) < 4.78 is 0. The summed E-state index contributed by atoms with van der Waals surface area (Å²) in [5.74, 6) is -16.9. The topological polar surface area (TPSA) is 704 Å². The molecule has 12 atom stereocenters. The average Bonchev–Trinajstić information content (AvgIpc) is 1.74. The molecule has 0 bridgehead atoms. The van der Waals surface area contributed by atoms with Crippen molar-refractivity contribution in [2.75, 3.05) is 26.2 Å². The zero-order valence-electron chi connectivity index (χ0n) is 64.2. The highest BCUT2D eigenvalue weighted by atomic mass is 16.4. The Bertz CT molecular complexity index is 3890. The molecule has 2 aromatic carbocycles. The number of hydrogen-bond donors (Lipinski definition) is 26. The number of carboxylic acid groups (broad SMARTS) is 1. The summed E-state index contributed by atoms with van der Waals surface area (Å²) in [6.45, 7) is 9.28. The third-order valence-electron chi connectivity index (χ3n) is 17.9. The Morgan fingerprint density at radius 2 is 0.929 bits per heavy atom. The number of fused-ring (bicyclic) bond motifs is 1. The molecule has 2 heterocycles. The molecule has 0 radical (unpaired) electrons. The molecule has 4 aromatic rings. The van der Waals surface area contributed by atoms with E-state index in [2.05, 4.69) is 84.1 Å². The lowest BCUT2D eigenvalue weighted by Crippen LogP contribution is -2.62. The number of H-pyrrole nitrogens is 2. The van der Waals surface area contributed by atoms with E-state index in [1.165, 1.54) is 36.8 Å². The first kappa shape index (κ1) is 93.4. The van der Waals surface area contributed by atoms with Crippen molar-refractivity contribution < 1.29 is 82.4 Å². The van der Waals surface area contributed by atoms with Crippen molar-refractivity contribution in [3.8, 4) is 5.75 Å². The van der Waals surface area contributed by atoms with E-state index in [1.54, 1.807) is 72.0 Å². The van der Waals surface area contributed by atoms with E-state index in [4.69, 9.17) is 45.2 Å². The summed E-state index contributed by atoms with van der Waals surface area (Å²) >= 11 is 0. The number of hydrogen-bond acceptors (Lipinski definition) is 21. The number of nitrogens with two attached hydrogens (primary N) is 6. The minimum absolute atomic E-state index is 0.0112. The first-order valence-electron chi connectivity index (χ1n) is 37.1. The Morgan fingerprint density at radius 3 is 1.42 bits per heavy atom. The largest absolute Gasteiger partial charge is 0.508 e. The number of aromatic hydroxyl groups is 1. The van der Waals surface area contributed by atoms with E-state index in [1.807, 2.05) is 0 Å². The molecule has 622 valence electrons. The number of unbranched alkanes of at least 4 members (excludes halogenated alkanes) is 1. The monoisotopic (exact) mass is 1580 g/mol. The van der Waals surface area contributed by atoms with E-state index in [0.717, 1.165) is 0 Å². The van der Waals surface area contributed by atoms with E-state index >= 15 is 9.59 Å². The Morgan fingerprint density at radius 1 is 0.487 bits per heavy atom. The van der Waals surface area contributed by atoms with Crippen LogP contribution in [0.25, 0.3) is 10.9 Å². The number of nitrogens with one attached hydrogen (secondary N) is 17. The van der Waals surface area contributed by atoms with Crippen LogP contribution in [0.1, 0.15) is 129 Å². The van der Waals surface area contributed by atoms with E-state index in [-0.39, 0.29) is 101 Å². The summed E-state index contributed by atoms with van der Waals surface area (Å²) in [6.07, 6.45) is 1.79. The lowest BCUT2D eigenvalue weighted by Gasteiger charge is -2.30. The number of amides is 13. The molecule has 13 amide bonds. The number of aliphatic carboxylic acids is 1. The van der Waals surface area contributed by atoms with Crippen molar-refractivity contribution in [1.29, 1.82) is 10.8 Å². The number of primary amides is 2. The molecule has 0 fully saturated rings. The van der Waals surface area contributed by atoms with Crippen LogP contribution in [-0.2, 0) is 86.4 Å². The lowest BCUT2D eigenvalue weighted by atomic mass is 9.98. The SMILES string of the molecule is CC(C)C[C@H](NC(=O)[C@@H](N)CO)C(=O)N[C@@H](CCCNC(=N)N)C(=O)N[C@@H](CC(N)=O)C(=O)N[C@@H](CCC(N)=O)C(=O)N[C@@H](CCCCN)C(=O)N[C@H](C(=O)N[C@@H](Cc1cnc[nH]1)C(=O)N[C@@H](Cc1c[nH]c2ccccc12)C(=O)N[C@H](C(=O)N[C@@H](Cc1ccc(O)cc1)C(=O)N[C@@H](CCCNC(=N)N)C(=O)O)C(C)C)C(C)C. The van der Waals surface area contributed by atoms with E-state index in [0.29, 0.717) is 34.1 Å². The molecule has 4 rings (SSSR count). The lowest BCUT2D eigenvalue weighted by molar-refractivity contribution is -0.142. The maximum atomic E-state index is 15.1. The van der Waals surface area contributed by atoms with Gasteiger partial charge in [0.15, 0.2) is 11.9 Å². The number of aromatic amines is 2. The Hall–Kier alpha value is -12.0. The van der Waals surface area contributed by atoms with Crippen LogP contribution in [0, 0.1) is 28.6 Å². The number of carbonyl (C=O) groups excluding carboxylic acids is 13. The molecule has 0 aliphatic rings. The molecule has 0 aliphatic carbocycles. The number of phenolic OH excluding ortho intramolecular Hbond substituents is 1. The van der Waals surface area contributed by atoms with Gasteiger partial charge in [-0.15, -0.1) is 0 Å². The maximum absolute atomic E-state index is 15.1. The molecule has 113 heavy (non-hydrogen) atoms. The predicted octanol–water partition coefficient (Wildman–Crippen LogP) is -5.48. The van der Waals surface area contributed by atoms with Gasteiger partial charge >= 0.3 is 5.97 Å². The van der Waals surface area contributed by atoms with Gasteiger partial charge in [0.1, 0.15) is 78.3 Å². The molecule has 0 aliphatic heterocycles. The summed E-state index contributed by atoms with van der Waals surface area (Å²) in [7, 11) is 0. The number of guanidine groups is 2. The molecule has 41 heteroatoms. The van der Waals surface area contributed by atoms with Gasteiger partial charge in [-0.05, 0) is 111 Å². The zero-order valence-corrected chi connectivity index (χ0v) is 64.2. The number of phenols is 1. The molecule has 32 N–H and O–H groups in total. The third kappa shape index (κ3) is 32.8. The van der Waals surface area contributed by atoms with Crippen molar-refractivity contribution >= 4 is 106 Å². The normalized spacial score (nSPS) is 14.4. The first-order chi connectivity index (χ1) is 53.4. The predicted molar refractivity (Wildman–Crippen MR) is 413 cm³/mol. The zero-order chi connectivity index (χ0) is 84.2. The second kappa shape index (κ2) is 47.3. The molecule has 0 unspecified atom stereocenters. The number of imidazole rings is 1. The fraction of sp³-hybridized carbons (Fsp3) is 0.542. The van der Waals surface area contributed by atoms with Crippen LogP contribution >= 0.6 is 0 Å². The number of carboxylic acids is 1. The molecular weight excluding hydrogens is 1470 g/mol. The second-order valence-electron chi connectivity index (χ2n) is 28.4. The third-order valence-corrected chi connectivity index (χ3v) is 17.9. The molecule has 2 aromatic heterocycles. The van der Waals surface area contributed by atoms with Crippen LogP contribution in [0.2, 0.25) is 0 Å². The number of nitrogens with zero attached hydrogens (tertiary/aromatic N) is 1. The number of benzene rings is 2. The Kier molecular flexibility index (Phi) is 39.0. The fourth-order valence-corrected chi connectivity index (χ4v) is 11.7. The summed E-state index contributed by atoms with van der Waals surface area (Å²) in [5.41, 5.74) is 35.4. The Balaban J connectivity index is 1.67. The number of carbonyl (C=O) groups is 14. The van der Waals surface area contributed by atoms with Gasteiger partial charge in [0.05, 0.1) is 19.4 Å². The van der Waals surface area contributed by atoms with Gasteiger partial charge in [-0.1, -0.05) is 71.9 Å². The van der Waals surface area contributed by atoms with Crippen LogP contribution in [0.4, 0.5) is 0 Å². The highest BCUT2D eigenvalue weighted by molar-refractivity contribution is 6.01. The van der Waals surface area contributed by atoms with E-state index < -0.39 is 199 Å². The van der Waals surface area contributed by atoms with Crippen LogP contribution in [0.5, 0.6) is 5.75 Å². The highest BCUT2D eigenvalue weighted by Crippen LogP contribution is 2.21. The molecule has 0 saturated carbocycles. The van der Waals surface area contributed by atoms with Gasteiger partial charge in [0.25, 0.3) is 0 Å². The quantitative estimate of drug-likeness (QED) is 0.0111. The van der Waals surface area contributed by atoms with Gasteiger partial charge in [0, 0.05) is 67.8 Å². The van der Waals surface area contributed by atoms with Crippen LogP contribution < -0.4 is 104 Å². The second-order valence-corrected chi connectivity index (χ2v) is 28.4. The van der Waals surface area contributed by atoms with Gasteiger partial charge in [0.2, 0.25) is 76.8 Å². The number of aromatic nitrogens is 3. The van der Waals surface area contributed by atoms with Gasteiger partial charge in [-0.2, -0.15) is 0 Å². The van der Waals surface area contributed by atoms with Crippen molar-refractivity contribution in [3.63, 3.8) is 0 Å². The Labute approximate surface area is 652 Å². The van der Waals surface area contributed by atoms with Gasteiger partial charge < -0.3 is 129 Å². The number of rotatable bonds is 51. The van der Waals surface area contributed by atoms with Crippen molar-refractivity contribution in [2.45, 2.75) is 204 Å². The van der Waals surface area contributed by atoms with Gasteiger partial charge in [-0.25, -0.2) is 9.78 Å². The van der Waals surface area contributed by atoms with Crippen LogP contribution in [0.3, 0.4) is 0 Å². The maximum Gasteiger partial charge on any atom is 0.326 e. The number of para-hydroxylation sites is 1.